The Morgan fingerprint density at radius 3 is 3.00 bits per heavy atom. The highest BCUT2D eigenvalue weighted by Gasteiger charge is 2.13. The van der Waals surface area contributed by atoms with E-state index in [9.17, 15) is 4.79 Å². The first kappa shape index (κ1) is 13.2. The second-order valence-electron chi connectivity index (χ2n) is 4.69. The van der Waals surface area contributed by atoms with Crippen molar-refractivity contribution in [2.45, 2.75) is 12.8 Å². The molecule has 3 N–H and O–H groups in total. The first-order valence-electron chi connectivity index (χ1n) is 6.36. The first-order valence-corrected chi connectivity index (χ1v) is 6.36. The summed E-state index contributed by atoms with van der Waals surface area (Å²) in [7, 11) is 1.81. The highest BCUT2D eigenvalue weighted by Crippen LogP contribution is 2.19. The molecule has 1 aromatic heterocycles. The molecular weight excluding hydrogens is 238 g/mol. The van der Waals surface area contributed by atoms with E-state index in [1.54, 1.807) is 4.90 Å². The Hall–Kier alpha value is -2.23. The quantitative estimate of drug-likeness (QED) is 0.491. The minimum atomic E-state index is -0.00108. The number of H-pyrrole nitrogens is 1. The Bertz CT molecular complexity index is 600. The number of allylic oxidation sites excluding steroid dienone is 1. The number of nitrogens with zero attached hydrogens (tertiary/aromatic N) is 1. The normalized spacial score (nSPS) is 10.6. The number of fused-ring (bicyclic) bond motifs is 1. The molecular formula is C15H19N3O. The van der Waals surface area contributed by atoms with Gasteiger partial charge in [0, 0.05) is 30.2 Å². The maximum atomic E-state index is 12.2. The van der Waals surface area contributed by atoms with E-state index in [0.717, 1.165) is 30.3 Å². The van der Waals surface area contributed by atoms with Gasteiger partial charge in [0.05, 0.1) is 0 Å². The predicted octanol–water partition coefficient (Wildman–Crippen LogP) is 2.79. The molecule has 0 fully saturated rings. The second-order valence-corrected chi connectivity index (χ2v) is 4.69. The largest absolute Gasteiger partial charge is 0.399 e. The van der Waals surface area contributed by atoms with E-state index in [0.29, 0.717) is 11.4 Å². The van der Waals surface area contributed by atoms with Crippen molar-refractivity contribution in [3.05, 3.63) is 42.6 Å². The van der Waals surface area contributed by atoms with E-state index >= 15 is 0 Å². The number of nitrogens with two attached hydrogens (primary N) is 1. The van der Waals surface area contributed by atoms with Crippen LogP contribution in [-0.2, 0) is 0 Å². The van der Waals surface area contributed by atoms with E-state index in [-0.39, 0.29) is 5.91 Å². The third-order valence-electron chi connectivity index (χ3n) is 3.12. The van der Waals surface area contributed by atoms with Crippen LogP contribution < -0.4 is 5.73 Å². The highest BCUT2D eigenvalue weighted by molar-refractivity contribution is 5.98. The number of carbonyl (C=O) groups excluding carboxylic acids is 1. The standard InChI is InChI=1S/C15H19N3O/c1-3-4-5-8-18(2)15(19)14-10-11-9-12(16)6-7-13(11)17-14/h3,6-7,9-10,17H,1,4-5,8,16H2,2H3. The monoisotopic (exact) mass is 257 g/mol. The second kappa shape index (κ2) is 5.61. The van der Waals surface area contributed by atoms with Crippen molar-refractivity contribution < 1.29 is 4.79 Å². The van der Waals surface area contributed by atoms with Crippen molar-refractivity contribution in [3.63, 3.8) is 0 Å². The van der Waals surface area contributed by atoms with Crippen LogP contribution >= 0.6 is 0 Å². The Labute approximate surface area is 112 Å². The Morgan fingerprint density at radius 1 is 1.47 bits per heavy atom. The fourth-order valence-electron chi connectivity index (χ4n) is 2.05. The van der Waals surface area contributed by atoms with Crippen LogP contribution in [0.15, 0.2) is 36.9 Å². The van der Waals surface area contributed by atoms with Gasteiger partial charge >= 0.3 is 0 Å². The number of rotatable bonds is 5. The maximum Gasteiger partial charge on any atom is 0.270 e. The van der Waals surface area contributed by atoms with Crippen LogP contribution in [0.25, 0.3) is 10.9 Å². The summed E-state index contributed by atoms with van der Waals surface area (Å²) in [4.78, 5) is 17.1. The molecule has 2 rings (SSSR count). The third-order valence-corrected chi connectivity index (χ3v) is 3.12. The molecule has 4 heteroatoms. The van der Waals surface area contributed by atoms with E-state index < -0.39 is 0 Å². The molecule has 0 unspecified atom stereocenters. The average molecular weight is 257 g/mol. The summed E-state index contributed by atoms with van der Waals surface area (Å²) < 4.78 is 0. The van der Waals surface area contributed by atoms with Crippen molar-refractivity contribution in [2.24, 2.45) is 0 Å². The van der Waals surface area contributed by atoms with Crippen LogP contribution in [0.5, 0.6) is 0 Å². The molecule has 0 spiro atoms. The lowest BCUT2D eigenvalue weighted by Crippen LogP contribution is -2.27. The van der Waals surface area contributed by atoms with Gasteiger partial charge < -0.3 is 15.6 Å². The van der Waals surface area contributed by atoms with E-state index in [1.165, 1.54) is 0 Å². The van der Waals surface area contributed by atoms with E-state index in [1.807, 2.05) is 37.4 Å². The molecule has 1 aromatic carbocycles. The number of aromatic amines is 1. The van der Waals surface area contributed by atoms with Crippen LogP contribution in [0.2, 0.25) is 0 Å². The Balaban J connectivity index is 2.14. The van der Waals surface area contributed by atoms with Gasteiger partial charge in [-0.1, -0.05) is 6.08 Å². The number of benzene rings is 1. The summed E-state index contributed by atoms with van der Waals surface area (Å²) >= 11 is 0. The minimum Gasteiger partial charge on any atom is -0.399 e. The summed E-state index contributed by atoms with van der Waals surface area (Å²) in [5.41, 5.74) is 7.96. The topological polar surface area (TPSA) is 62.1 Å². The van der Waals surface area contributed by atoms with Crippen molar-refractivity contribution in [1.82, 2.24) is 9.88 Å². The van der Waals surface area contributed by atoms with Crippen LogP contribution in [0, 0.1) is 0 Å². The van der Waals surface area contributed by atoms with Gasteiger partial charge in [0.15, 0.2) is 0 Å². The molecule has 1 amide bonds. The fourth-order valence-corrected chi connectivity index (χ4v) is 2.05. The van der Waals surface area contributed by atoms with Crippen LogP contribution in [-0.4, -0.2) is 29.4 Å². The Morgan fingerprint density at radius 2 is 2.26 bits per heavy atom. The number of aromatic nitrogens is 1. The van der Waals surface area contributed by atoms with Crippen LogP contribution in [0.1, 0.15) is 23.3 Å². The van der Waals surface area contributed by atoms with Gasteiger partial charge in [-0.25, -0.2) is 0 Å². The number of carbonyl (C=O) groups is 1. The molecule has 100 valence electrons. The smallest absolute Gasteiger partial charge is 0.270 e. The molecule has 0 aliphatic rings. The molecule has 0 bridgehead atoms. The number of unbranched alkanes of at least 4 members (excludes halogenated alkanes) is 1. The molecule has 0 aliphatic heterocycles. The average Bonchev–Trinajstić information content (AvgIpc) is 2.80. The SMILES string of the molecule is C=CCCCN(C)C(=O)c1cc2cc(N)ccc2[nH]1. The van der Waals surface area contributed by atoms with Gasteiger partial charge in [-0.15, -0.1) is 6.58 Å². The van der Waals surface area contributed by atoms with Gasteiger partial charge in [0.25, 0.3) is 5.91 Å². The lowest BCUT2D eigenvalue weighted by atomic mass is 10.2. The molecule has 0 atom stereocenters. The molecule has 0 saturated heterocycles. The molecule has 0 aliphatic carbocycles. The minimum absolute atomic E-state index is 0.00108. The zero-order valence-corrected chi connectivity index (χ0v) is 11.1. The molecule has 2 aromatic rings. The zero-order valence-electron chi connectivity index (χ0n) is 11.1. The van der Waals surface area contributed by atoms with Gasteiger partial charge in [0.1, 0.15) is 5.69 Å². The molecule has 19 heavy (non-hydrogen) atoms. The summed E-state index contributed by atoms with van der Waals surface area (Å²) in [6.45, 7) is 4.40. The van der Waals surface area contributed by atoms with Gasteiger partial charge in [0.2, 0.25) is 0 Å². The number of hydrogen-bond acceptors (Lipinski definition) is 2. The van der Waals surface area contributed by atoms with Crippen molar-refractivity contribution in [2.75, 3.05) is 19.3 Å². The summed E-state index contributed by atoms with van der Waals surface area (Å²) in [6.07, 6.45) is 3.71. The number of anilines is 1. The van der Waals surface area contributed by atoms with Crippen molar-refractivity contribution in [3.8, 4) is 0 Å². The van der Waals surface area contributed by atoms with Crippen molar-refractivity contribution in [1.29, 1.82) is 0 Å². The third kappa shape index (κ3) is 2.96. The van der Waals surface area contributed by atoms with E-state index in [2.05, 4.69) is 11.6 Å². The summed E-state index contributed by atoms with van der Waals surface area (Å²) in [5.74, 6) is -0.00108. The number of nitrogens with one attached hydrogen (secondary N) is 1. The predicted molar refractivity (Wildman–Crippen MR) is 79.1 cm³/mol. The maximum absolute atomic E-state index is 12.2. The molecule has 4 nitrogen and oxygen atoms in total. The zero-order chi connectivity index (χ0) is 13.8. The lowest BCUT2D eigenvalue weighted by molar-refractivity contribution is 0.0789. The molecule has 0 saturated carbocycles. The number of hydrogen-bond donors (Lipinski definition) is 2. The van der Waals surface area contributed by atoms with Crippen LogP contribution in [0.3, 0.4) is 0 Å². The number of amides is 1. The lowest BCUT2D eigenvalue weighted by Gasteiger charge is -2.15. The summed E-state index contributed by atoms with van der Waals surface area (Å²) in [6, 6.07) is 7.42. The van der Waals surface area contributed by atoms with Gasteiger partial charge in [-0.2, -0.15) is 0 Å². The highest BCUT2D eigenvalue weighted by atomic mass is 16.2. The molecule has 0 radical (unpaired) electrons. The number of nitrogen functional groups attached to an aromatic ring is 1. The summed E-state index contributed by atoms with van der Waals surface area (Å²) in [5, 5.41) is 0.961. The van der Waals surface area contributed by atoms with Gasteiger partial charge in [-0.3, -0.25) is 4.79 Å². The van der Waals surface area contributed by atoms with Crippen LogP contribution in [0.4, 0.5) is 5.69 Å². The molecule has 1 heterocycles. The van der Waals surface area contributed by atoms with Crippen molar-refractivity contribution >= 4 is 22.5 Å². The fraction of sp³-hybridized carbons (Fsp3) is 0.267. The van der Waals surface area contributed by atoms with E-state index in [4.69, 9.17) is 5.73 Å². The Kier molecular flexibility index (Phi) is 3.90. The first-order chi connectivity index (χ1) is 9.11. The van der Waals surface area contributed by atoms with Gasteiger partial charge in [-0.05, 0) is 37.1 Å².